The molecule has 1 saturated heterocycles. The van der Waals surface area contributed by atoms with Crippen LogP contribution in [0.3, 0.4) is 0 Å². The fourth-order valence-corrected chi connectivity index (χ4v) is 4.37. The molecule has 2 aromatic heterocycles. The summed E-state index contributed by atoms with van der Waals surface area (Å²) in [6.45, 7) is 5.83. The highest BCUT2D eigenvalue weighted by atomic mass is 16.5. The summed E-state index contributed by atoms with van der Waals surface area (Å²) in [4.78, 5) is 20.5. The molecular weight excluding hydrogens is 464 g/mol. The second kappa shape index (κ2) is 10.2. The van der Waals surface area contributed by atoms with E-state index in [9.17, 15) is 0 Å². The van der Waals surface area contributed by atoms with Gasteiger partial charge in [0.2, 0.25) is 5.95 Å². The molecule has 2 aromatic carbocycles. The second-order valence-corrected chi connectivity index (χ2v) is 8.96. The van der Waals surface area contributed by atoms with Gasteiger partial charge in [0.1, 0.15) is 6.67 Å². The molecule has 9 heteroatoms. The highest BCUT2D eigenvalue weighted by molar-refractivity contribution is 6.00. The Kier molecular flexibility index (Phi) is 6.35. The molecule has 9 nitrogen and oxygen atoms in total. The van der Waals surface area contributed by atoms with Gasteiger partial charge in [0.05, 0.1) is 24.6 Å². The maximum Gasteiger partial charge on any atom is 0.227 e. The number of aromatic nitrogens is 3. The molecule has 2 aliphatic heterocycles. The Hall–Kier alpha value is -4.50. The van der Waals surface area contributed by atoms with E-state index in [1.807, 2.05) is 60.6 Å². The van der Waals surface area contributed by atoms with Gasteiger partial charge in [-0.2, -0.15) is 0 Å². The first-order valence-corrected chi connectivity index (χ1v) is 12.4. The first-order chi connectivity index (χ1) is 18.2. The van der Waals surface area contributed by atoms with Gasteiger partial charge in [-0.25, -0.2) is 15.0 Å². The highest BCUT2D eigenvalue weighted by Crippen LogP contribution is 2.26. The average molecular weight is 493 g/mol. The Morgan fingerprint density at radius 1 is 0.892 bits per heavy atom. The van der Waals surface area contributed by atoms with Crippen LogP contribution in [0, 0.1) is 6.92 Å². The van der Waals surface area contributed by atoms with Crippen LogP contribution in [0.1, 0.15) is 11.3 Å². The van der Waals surface area contributed by atoms with E-state index < -0.39 is 0 Å². The van der Waals surface area contributed by atoms with Crippen LogP contribution in [-0.4, -0.2) is 53.8 Å². The van der Waals surface area contributed by atoms with Crippen LogP contribution in [0.15, 0.2) is 84.1 Å². The molecule has 0 amide bonds. The van der Waals surface area contributed by atoms with Crippen LogP contribution in [0.5, 0.6) is 0 Å². The summed E-state index contributed by atoms with van der Waals surface area (Å²) >= 11 is 0. The highest BCUT2D eigenvalue weighted by Gasteiger charge is 2.17. The summed E-state index contributed by atoms with van der Waals surface area (Å²) in [7, 11) is 0. The van der Waals surface area contributed by atoms with Gasteiger partial charge in [0.25, 0.3) is 0 Å². The zero-order valence-corrected chi connectivity index (χ0v) is 20.6. The molecule has 0 saturated carbocycles. The Morgan fingerprint density at radius 2 is 1.76 bits per heavy atom. The average Bonchev–Trinajstić information content (AvgIpc) is 3.45. The number of nitrogens with one attached hydrogen (secondary N) is 2. The third kappa shape index (κ3) is 5.22. The molecule has 37 heavy (non-hydrogen) atoms. The molecular formula is C28H28N8O. The fourth-order valence-electron chi connectivity index (χ4n) is 4.37. The lowest BCUT2D eigenvalue weighted by molar-refractivity contribution is 0.122. The molecule has 2 aliphatic rings. The maximum absolute atomic E-state index is 5.49. The maximum atomic E-state index is 5.49. The molecule has 0 radical (unpaired) electrons. The number of pyridine rings is 1. The van der Waals surface area contributed by atoms with Crippen LogP contribution < -0.4 is 20.7 Å². The van der Waals surface area contributed by atoms with Crippen molar-refractivity contribution in [2.24, 2.45) is 4.99 Å². The first kappa shape index (κ1) is 22.9. The predicted molar refractivity (Wildman–Crippen MR) is 146 cm³/mol. The van der Waals surface area contributed by atoms with Crippen molar-refractivity contribution in [3.05, 3.63) is 90.4 Å². The molecule has 0 atom stereocenters. The van der Waals surface area contributed by atoms with E-state index in [-0.39, 0.29) is 0 Å². The minimum atomic E-state index is 0.532. The predicted octanol–water partition coefficient (Wildman–Crippen LogP) is 4.16. The zero-order chi connectivity index (χ0) is 25.0. The molecule has 0 unspecified atom stereocenters. The number of rotatable bonds is 6. The summed E-state index contributed by atoms with van der Waals surface area (Å²) in [5.74, 6) is 1.37. The van der Waals surface area contributed by atoms with Crippen LogP contribution >= 0.6 is 0 Å². The van der Waals surface area contributed by atoms with E-state index in [0.717, 1.165) is 66.0 Å². The number of amidine groups is 1. The Morgan fingerprint density at radius 3 is 2.57 bits per heavy atom. The van der Waals surface area contributed by atoms with Crippen molar-refractivity contribution in [2.75, 3.05) is 48.2 Å². The number of anilines is 4. The van der Waals surface area contributed by atoms with E-state index in [1.165, 1.54) is 5.69 Å². The lowest BCUT2D eigenvalue weighted by Gasteiger charge is -2.29. The summed E-state index contributed by atoms with van der Waals surface area (Å²) in [5.41, 5.74) is 10.4. The van der Waals surface area contributed by atoms with E-state index in [1.54, 1.807) is 6.20 Å². The topological polar surface area (TPSA) is 90.8 Å². The molecule has 6 rings (SSSR count). The minimum absolute atomic E-state index is 0.532. The number of hydrogen-bond donors (Lipinski definition) is 2. The summed E-state index contributed by atoms with van der Waals surface area (Å²) in [6.07, 6.45) is 3.62. The number of ether oxygens (including phenoxy) is 1. The van der Waals surface area contributed by atoms with Crippen LogP contribution in [0.2, 0.25) is 0 Å². The van der Waals surface area contributed by atoms with Gasteiger partial charge in [-0.3, -0.25) is 15.4 Å². The van der Waals surface area contributed by atoms with Crippen molar-refractivity contribution in [3.63, 3.8) is 0 Å². The quantitative estimate of drug-likeness (QED) is 0.415. The molecule has 0 aliphatic carbocycles. The second-order valence-electron chi connectivity index (χ2n) is 8.96. The number of aliphatic imine (C=N–C) groups is 1. The normalized spacial score (nSPS) is 15.3. The number of hydrogen-bond acceptors (Lipinski definition) is 9. The Labute approximate surface area is 215 Å². The number of aryl methyl sites for hydroxylation is 1. The van der Waals surface area contributed by atoms with E-state index in [0.29, 0.717) is 12.6 Å². The third-order valence-electron chi connectivity index (χ3n) is 6.40. The van der Waals surface area contributed by atoms with Gasteiger partial charge in [-0.1, -0.05) is 12.1 Å². The van der Waals surface area contributed by atoms with Gasteiger partial charge < -0.3 is 15.0 Å². The van der Waals surface area contributed by atoms with Crippen molar-refractivity contribution in [3.8, 4) is 11.3 Å². The summed E-state index contributed by atoms with van der Waals surface area (Å²) in [6, 6.07) is 22.5. The van der Waals surface area contributed by atoms with Crippen LogP contribution in [0.25, 0.3) is 11.3 Å². The van der Waals surface area contributed by atoms with Crippen molar-refractivity contribution < 1.29 is 4.74 Å². The summed E-state index contributed by atoms with van der Waals surface area (Å²) in [5, 5.41) is 5.32. The third-order valence-corrected chi connectivity index (χ3v) is 6.40. The molecule has 2 N–H and O–H groups in total. The Bertz CT molecular complexity index is 1400. The van der Waals surface area contributed by atoms with Crippen LogP contribution in [-0.2, 0) is 4.74 Å². The molecule has 4 aromatic rings. The molecule has 1 fully saturated rings. The lowest BCUT2D eigenvalue weighted by atomic mass is 10.1. The van der Waals surface area contributed by atoms with Gasteiger partial charge >= 0.3 is 0 Å². The minimum Gasteiger partial charge on any atom is -0.378 e. The van der Waals surface area contributed by atoms with Crippen molar-refractivity contribution in [2.45, 2.75) is 6.92 Å². The standard InChI is InChI=1S/C28H28N8O/c1-20-5-6-22(18-30-20)27-31-19-36(34-27)24-9-7-23(8-10-24)32-28-29-12-11-26(33-28)21-3-2-4-25(17-21)35-13-15-37-16-14-35/h2-12,17-18H,13-16,19H2,1H3,(H,31,34)(H,29,32,33). The summed E-state index contributed by atoms with van der Waals surface area (Å²) < 4.78 is 5.49. The molecule has 0 bridgehead atoms. The van der Waals surface area contributed by atoms with E-state index in [2.05, 4.69) is 54.9 Å². The van der Waals surface area contributed by atoms with E-state index in [4.69, 9.17) is 9.72 Å². The first-order valence-electron chi connectivity index (χ1n) is 12.4. The number of morpholine rings is 1. The van der Waals surface area contributed by atoms with Gasteiger partial charge in [-0.15, -0.1) is 0 Å². The van der Waals surface area contributed by atoms with Crippen molar-refractivity contribution in [1.29, 1.82) is 0 Å². The lowest BCUT2D eigenvalue weighted by Crippen LogP contribution is -2.36. The van der Waals surface area contributed by atoms with E-state index >= 15 is 0 Å². The fraction of sp³-hybridized carbons (Fsp3) is 0.214. The number of nitrogens with zero attached hydrogens (tertiary/aromatic N) is 6. The largest absolute Gasteiger partial charge is 0.378 e. The molecule has 4 heterocycles. The molecule has 0 spiro atoms. The van der Waals surface area contributed by atoms with Gasteiger partial charge in [-0.05, 0) is 61.5 Å². The van der Waals surface area contributed by atoms with Crippen molar-refractivity contribution in [1.82, 2.24) is 20.4 Å². The number of benzene rings is 2. The van der Waals surface area contributed by atoms with Gasteiger partial charge in [0.15, 0.2) is 5.84 Å². The monoisotopic (exact) mass is 492 g/mol. The molecule has 186 valence electrons. The van der Waals surface area contributed by atoms with Crippen molar-refractivity contribution >= 4 is 28.8 Å². The zero-order valence-electron chi connectivity index (χ0n) is 20.6. The number of hydrazine groups is 1. The SMILES string of the molecule is Cc1ccc(C2=NCN(c3ccc(Nc4nccc(-c5cccc(N6CCOCC6)c5)n4)cc3)N2)cn1. The Balaban J connectivity index is 1.12. The van der Waals surface area contributed by atoms with Gasteiger partial charge in [0, 0.05) is 53.7 Å². The van der Waals surface area contributed by atoms with Crippen LogP contribution in [0.4, 0.5) is 23.0 Å². The smallest absolute Gasteiger partial charge is 0.227 e.